The van der Waals surface area contributed by atoms with Crippen LogP contribution in [0, 0.1) is 0 Å². The first kappa shape index (κ1) is 131. The van der Waals surface area contributed by atoms with E-state index in [9.17, 15) is 0 Å². The lowest BCUT2D eigenvalue weighted by molar-refractivity contribution is -0.401. The van der Waals surface area contributed by atoms with Crippen LogP contribution in [0.4, 0.5) is 0 Å². The third-order valence-electron chi connectivity index (χ3n) is 35.9. The SMILES string of the molecule is CO[C@@H]1[C@@H](OC)[C@H]2O[C@H]3[C@H](OC)[C@@H](OC)[C@@H](O[C@H]4[C@H](OC)[C@@H](OC)[C@@H](O[C@H]5[C@H](OC)[C@@H](OC)[C@@H](O[C@H]6[C@H](OC)[C@@H](O[Si](C)(C)C(C)(C)C)[C@@H](O[C@H]7[C@H](OC)[C@@H](OC)[C@@H](O[C@H]8[C@H](OC)[C@@H](OC)[C@@H](O[C@@H]1[C@@H](CO[Si](C)(C)C(C)(C)C)O2)O[C@@H]8CO[Si](C)(C)C(C)(C)C)O[C@@H]7CO[Si](C)(C)C(C)(C)C)O[C@@H]6CO[Si](C)(C)C(C)(C)C)O[C@@H]5CO[Si](C)(C)C(C)(C)C)O[C@@H]4CO[Si](C)(C)C(C)(C)C)O[C@@H]3CO[Si](C)(C)C(C)(C)C. The first-order valence-electron chi connectivity index (χ1n) is 53.1. The maximum atomic E-state index is 7.93. The van der Waals surface area contributed by atoms with Crippen LogP contribution in [0.15, 0.2) is 0 Å². The normalized spacial score (nSPS) is 36.8. The Hall–Kier alpha value is 0.335. The van der Waals surface area contributed by atoms with Crippen molar-refractivity contribution in [3.8, 4) is 0 Å². The molecule has 21 rings (SSSR count). The van der Waals surface area contributed by atoms with Gasteiger partial charge in [-0.1, -0.05) is 166 Å². The van der Waals surface area contributed by atoms with Gasteiger partial charge in [-0.3, -0.25) is 0 Å². The van der Waals surface area contributed by atoms with Crippen molar-refractivity contribution in [3.05, 3.63) is 0 Å². The fraction of sp³-hybridized carbons (Fsp3) is 1.00. The van der Waals surface area contributed by atoms with Crippen molar-refractivity contribution >= 4 is 66.5 Å². The Bertz CT molecular complexity index is 3830. The lowest BCUT2D eigenvalue weighted by Gasteiger charge is -2.54. The predicted octanol–water partition coefficient (Wildman–Crippen LogP) is 17.5. The van der Waals surface area contributed by atoms with E-state index in [0.717, 1.165) is 0 Å². The molecule has 43 heteroatoms. The summed E-state index contributed by atoms with van der Waals surface area (Å²) < 4.78 is 256. The van der Waals surface area contributed by atoms with Gasteiger partial charge in [0.15, 0.2) is 111 Å². The van der Waals surface area contributed by atoms with E-state index in [1.807, 2.05) is 0 Å². The molecule has 21 heterocycles. The Morgan fingerprint density at radius 2 is 0.247 bits per heavy atom. The van der Waals surface area contributed by atoms with Gasteiger partial charge in [-0.05, 0) is 145 Å². The van der Waals surface area contributed by atoms with Crippen molar-refractivity contribution in [2.45, 2.75) is 526 Å². The zero-order chi connectivity index (χ0) is 111. The predicted molar refractivity (Wildman–Crippen MR) is 579 cm³/mol. The van der Waals surface area contributed by atoms with E-state index in [1.54, 1.807) is 92.4 Å². The molecule has 0 aromatic carbocycles. The Morgan fingerprint density at radius 3 is 0.349 bits per heavy atom. The molecule has 0 amide bonds. The molecule has 21 aliphatic heterocycles. The molecule has 14 bridgehead atoms. The Morgan fingerprint density at radius 1 is 0.144 bits per heavy atom. The molecule has 0 saturated carbocycles. The van der Waals surface area contributed by atoms with Gasteiger partial charge in [-0.2, -0.15) is 0 Å². The monoisotopic (exact) mass is 2230 g/mol. The highest BCUT2D eigenvalue weighted by Crippen LogP contribution is 2.51. The summed E-state index contributed by atoms with van der Waals surface area (Å²) in [5.41, 5.74) is 0. The zero-order valence-electron chi connectivity index (χ0n) is 100. The standard InChI is InChI=1S/C103H208O35Si8/c1-96(2,3)139(38,39)117-54-61-68-75(104-25)82(111-32)90(124-61)132-70-63(56-119-141(42,43)98(7,8)9)126-92(84(113-34)77(70)106-27)134-72-65(58-121-143(46,47)100(13,14)15)128-94(86(115-36)79(72)108-29)136-74-67(60-123-145(50,51)102(19,20)21)130-95(88(81(74)110-31)138-146(52,53)103(22,23)24)137-73-66(59-122-144(48,49)101(16,17)18)129-93(87(116-37)80(73)109-30)135-71-64(57-120-142(44,45)99(10,11)12)127-91(85(114-35)78(71)107-28)133-69-62(55-118-140(40,41)97(4,5)6)125-89(131-68)83(112-33)76(69)105-26/h61-95H,54-60H2,1-53H3/t61-,62-,63-,64-,65-,66-,67-,68-,69-,70-,71-,72-,73-,74-,75+,76+,77+,78+,79+,80+,81+,82-,83-,84-,85-,86-,87-,88-,89-,90-,91-,92-,93-,94-,95-/m1/s1. The molecular weight excluding hydrogens is 2020 g/mol. The Balaban J connectivity index is 1.48. The lowest BCUT2D eigenvalue weighted by atomic mass is 9.94. The summed E-state index contributed by atoms with van der Waals surface area (Å²) in [7, 11) is -0.995. The Labute approximate surface area is 889 Å². The molecule has 146 heavy (non-hydrogen) atoms. The van der Waals surface area contributed by atoms with Crippen molar-refractivity contribution in [2.75, 3.05) is 139 Å². The highest BCUT2D eigenvalue weighted by Gasteiger charge is 2.66. The van der Waals surface area contributed by atoms with Crippen LogP contribution in [0.1, 0.15) is 166 Å². The van der Waals surface area contributed by atoms with Gasteiger partial charge in [-0.15, -0.1) is 0 Å². The topological polar surface area (TPSA) is 323 Å². The highest BCUT2D eigenvalue weighted by molar-refractivity contribution is 6.77. The minimum absolute atomic E-state index is 0.0163. The molecular formula is C103H208O35Si8. The van der Waals surface area contributed by atoms with Crippen LogP contribution in [0.5, 0.6) is 0 Å². The third-order valence-corrected chi connectivity index (χ3v) is 71.8. The number of hydrogen-bond donors (Lipinski definition) is 0. The van der Waals surface area contributed by atoms with Crippen LogP contribution < -0.4 is 0 Å². The molecule has 0 radical (unpaired) electrons. The number of ether oxygens (including phenoxy) is 27. The van der Waals surface area contributed by atoms with E-state index in [2.05, 4.69) is 271 Å². The molecule has 21 aliphatic rings. The molecule has 0 spiro atoms. The molecule has 0 unspecified atom stereocenters. The molecule has 35 atom stereocenters. The average molecular weight is 2230 g/mol. The maximum absolute atomic E-state index is 7.93. The first-order chi connectivity index (χ1) is 66.9. The van der Waals surface area contributed by atoms with Crippen molar-refractivity contribution in [1.82, 2.24) is 0 Å². The van der Waals surface area contributed by atoms with Crippen molar-refractivity contribution in [1.29, 1.82) is 0 Å². The summed E-state index contributed by atoms with van der Waals surface area (Å²) in [6.45, 7) is 87.5. The fourth-order valence-corrected chi connectivity index (χ4v) is 26.0. The van der Waals surface area contributed by atoms with Crippen LogP contribution in [-0.4, -0.2) is 420 Å². The van der Waals surface area contributed by atoms with Crippen LogP contribution in [-0.2, 0) is 163 Å². The van der Waals surface area contributed by atoms with Gasteiger partial charge < -0.3 is 163 Å². The quantitative estimate of drug-likeness (QED) is 0.0526. The minimum Gasteiger partial charge on any atom is -0.414 e. The molecule has 0 aromatic rings. The fourth-order valence-electron chi connectivity index (χ4n) is 17.6. The summed E-state index contributed by atoms with van der Waals surface area (Å²) in [4.78, 5) is 0. The van der Waals surface area contributed by atoms with Crippen molar-refractivity contribution in [3.63, 3.8) is 0 Å². The molecule has 862 valence electrons. The van der Waals surface area contributed by atoms with Crippen molar-refractivity contribution < 1.29 is 163 Å². The lowest BCUT2D eigenvalue weighted by Crippen LogP contribution is -2.70. The molecule has 0 aliphatic carbocycles. The first-order valence-corrected chi connectivity index (χ1v) is 76.3. The smallest absolute Gasteiger partial charge is 0.192 e. The van der Waals surface area contributed by atoms with E-state index in [4.69, 9.17) is 163 Å². The van der Waals surface area contributed by atoms with E-state index in [0.29, 0.717) is 0 Å². The van der Waals surface area contributed by atoms with Gasteiger partial charge in [0, 0.05) is 92.4 Å². The third kappa shape index (κ3) is 30.2. The zero-order valence-corrected chi connectivity index (χ0v) is 108. The summed E-state index contributed by atoms with van der Waals surface area (Å²) in [6, 6.07) is 0. The number of hydrogen-bond acceptors (Lipinski definition) is 35. The maximum Gasteiger partial charge on any atom is 0.192 e. The van der Waals surface area contributed by atoms with Gasteiger partial charge in [-0.25, -0.2) is 0 Å². The molecule has 21 fully saturated rings. The van der Waals surface area contributed by atoms with Crippen LogP contribution in [0.3, 0.4) is 0 Å². The summed E-state index contributed by atoms with van der Waals surface area (Å²) in [5, 5.41) is -2.34. The van der Waals surface area contributed by atoms with Crippen LogP contribution in [0.25, 0.3) is 0 Å². The molecule has 0 aromatic heterocycles. The van der Waals surface area contributed by atoms with E-state index in [1.165, 1.54) is 0 Å². The summed E-state index contributed by atoms with van der Waals surface area (Å²) >= 11 is 0. The van der Waals surface area contributed by atoms with Gasteiger partial charge in [0.05, 0.1) is 46.2 Å². The van der Waals surface area contributed by atoms with E-state index >= 15 is 0 Å². The van der Waals surface area contributed by atoms with E-state index in [-0.39, 0.29) is 81.5 Å². The van der Waals surface area contributed by atoms with Gasteiger partial charge in [0.2, 0.25) is 0 Å². The van der Waals surface area contributed by atoms with Gasteiger partial charge in [0.1, 0.15) is 171 Å². The molecule has 21 saturated heterocycles. The van der Waals surface area contributed by atoms with Crippen LogP contribution >= 0.6 is 0 Å². The molecule has 35 nitrogen and oxygen atoms in total. The van der Waals surface area contributed by atoms with Crippen molar-refractivity contribution in [2.24, 2.45) is 0 Å². The van der Waals surface area contributed by atoms with Gasteiger partial charge in [0.25, 0.3) is 0 Å². The number of rotatable bonds is 36. The minimum atomic E-state index is -3.01. The van der Waals surface area contributed by atoms with E-state index < -0.39 is 287 Å². The highest BCUT2D eigenvalue weighted by atomic mass is 28.4. The largest absolute Gasteiger partial charge is 0.414 e. The second kappa shape index (κ2) is 51.1. The average Bonchev–Trinajstić information content (AvgIpc) is 0.766. The summed E-state index contributed by atoms with van der Waals surface area (Å²) in [5.74, 6) is 0. The second-order valence-electron chi connectivity index (χ2n) is 53.5. The number of methoxy groups -OCH3 is 13. The van der Waals surface area contributed by atoms with Gasteiger partial charge >= 0.3 is 0 Å². The summed E-state index contributed by atoms with van der Waals surface area (Å²) in [6.07, 6.45) is -38.7. The van der Waals surface area contributed by atoms with Crippen LogP contribution in [0.2, 0.25) is 145 Å². The molecule has 0 N–H and O–H groups in total. The Kier molecular flexibility index (Phi) is 46.0. The second-order valence-corrected chi connectivity index (χ2v) is 91.9.